The summed E-state index contributed by atoms with van der Waals surface area (Å²) in [5, 5.41) is 12.1. The first-order valence-electron chi connectivity index (χ1n) is 5.11. The molecule has 0 atom stereocenters. The Bertz CT molecular complexity index is 595. The molecule has 0 aliphatic rings. The summed E-state index contributed by atoms with van der Waals surface area (Å²) >= 11 is 0. The molecule has 2 aromatic heterocycles. The van der Waals surface area contributed by atoms with Crippen molar-refractivity contribution in [3.8, 4) is 12.3 Å². The summed E-state index contributed by atoms with van der Waals surface area (Å²) in [6.07, 6.45) is 7.32. The van der Waals surface area contributed by atoms with Gasteiger partial charge in [0.2, 0.25) is 0 Å². The number of aromatic nitrogens is 2. The molecule has 0 spiro atoms. The second-order valence-corrected chi connectivity index (χ2v) is 3.42. The topological polar surface area (TPSA) is 66.6 Å². The molecular formula is C12H11N3O2. The molecule has 0 aliphatic heterocycles. The Morgan fingerprint density at radius 2 is 2.41 bits per heavy atom. The predicted octanol–water partition coefficient (Wildman–Crippen LogP) is 1.47. The highest BCUT2D eigenvalue weighted by atomic mass is 16.4. The molecule has 5 heteroatoms. The van der Waals surface area contributed by atoms with Crippen LogP contribution in [0.25, 0.3) is 5.65 Å². The molecular weight excluding hydrogens is 218 g/mol. The third-order valence-corrected chi connectivity index (χ3v) is 2.29. The molecule has 86 valence electrons. The van der Waals surface area contributed by atoms with Gasteiger partial charge in [0.25, 0.3) is 0 Å². The van der Waals surface area contributed by atoms with Crippen LogP contribution < -0.4 is 5.32 Å². The first kappa shape index (κ1) is 11.0. The van der Waals surface area contributed by atoms with E-state index >= 15 is 0 Å². The summed E-state index contributed by atoms with van der Waals surface area (Å²) in [5.74, 6) is 1.80. The molecule has 0 fully saturated rings. The van der Waals surface area contributed by atoms with Crippen LogP contribution in [0.5, 0.6) is 0 Å². The van der Waals surface area contributed by atoms with Gasteiger partial charge in [-0.1, -0.05) is 6.07 Å². The molecule has 2 aromatic rings. The molecule has 2 rings (SSSR count). The van der Waals surface area contributed by atoms with Crippen molar-refractivity contribution >= 4 is 17.4 Å². The highest BCUT2D eigenvalue weighted by Crippen LogP contribution is 2.17. The standard InChI is InChI=1S/C12H11N3O2/c1-2-3-7-13-11-10(12(16)17)15-8-5-4-6-9(15)14-11/h1,4-6,8,13H,3,7H2,(H,16,17). The predicted molar refractivity (Wildman–Crippen MR) is 64.1 cm³/mol. The van der Waals surface area contributed by atoms with E-state index in [4.69, 9.17) is 11.5 Å². The molecule has 0 saturated carbocycles. The second-order valence-electron chi connectivity index (χ2n) is 3.42. The van der Waals surface area contributed by atoms with Crippen LogP contribution in [0, 0.1) is 12.3 Å². The number of hydrogen-bond acceptors (Lipinski definition) is 3. The number of pyridine rings is 1. The minimum Gasteiger partial charge on any atom is -0.476 e. The number of carboxylic acids is 1. The molecule has 0 unspecified atom stereocenters. The number of carboxylic acid groups (broad SMARTS) is 1. The molecule has 0 bridgehead atoms. The number of fused-ring (bicyclic) bond motifs is 1. The average Bonchev–Trinajstić information content (AvgIpc) is 2.67. The van der Waals surface area contributed by atoms with E-state index in [1.807, 2.05) is 0 Å². The summed E-state index contributed by atoms with van der Waals surface area (Å²) in [6, 6.07) is 5.31. The maximum absolute atomic E-state index is 11.2. The number of terminal acetylenes is 1. The van der Waals surface area contributed by atoms with Gasteiger partial charge in [-0.2, -0.15) is 0 Å². The number of imidazole rings is 1. The highest BCUT2D eigenvalue weighted by Gasteiger charge is 2.17. The van der Waals surface area contributed by atoms with Crippen molar-refractivity contribution in [3.63, 3.8) is 0 Å². The summed E-state index contributed by atoms with van der Waals surface area (Å²) < 4.78 is 1.53. The van der Waals surface area contributed by atoms with Gasteiger partial charge in [-0.05, 0) is 12.1 Å². The number of carbonyl (C=O) groups is 1. The zero-order valence-corrected chi connectivity index (χ0v) is 9.05. The summed E-state index contributed by atoms with van der Waals surface area (Å²) in [4.78, 5) is 15.4. The van der Waals surface area contributed by atoms with Crippen LogP contribution in [0.15, 0.2) is 24.4 Å². The van der Waals surface area contributed by atoms with E-state index in [0.717, 1.165) is 0 Å². The largest absolute Gasteiger partial charge is 0.476 e. The quantitative estimate of drug-likeness (QED) is 0.615. The van der Waals surface area contributed by atoms with E-state index in [9.17, 15) is 4.79 Å². The van der Waals surface area contributed by atoms with Crippen molar-refractivity contribution in [3.05, 3.63) is 30.1 Å². The number of nitrogens with zero attached hydrogens (tertiary/aromatic N) is 2. The molecule has 0 amide bonds. The minimum atomic E-state index is -1.02. The van der Waals surface area contributed by atoms with Crippen molar-refractivity contribution in [2.24, 2.45) is 0 Å². The third kappa shape index (κ3) is 2.06. The number of hydrogen-bond donors (Lipinski definition) is 2. The monoisotopic (exact) mass is 229 g/mol. The van der Waals surface area contributed by atoms with Crippen LogP contribution in [0.1, 0.15) is 16.9 Å². The Kier molecular flexibility index (Phi) is 2.97. The lowest BCUT2D eigenvalue weighted by Crippen LogP contribution is -2.08. The highest BCUT2D eigenvalue weighted by molar-refractivity contribution is 5.92. The van der Waals surface area contributed by atoms with Gasteiger partial charge in [0, 0.05) is 19.2 Å². The molecule has 2 N–H and O–H groups in total. The molecule has 17 heavy (non-hydrogen) atoms. The van der Waals surface area contributed by atoms with Crippen LogP contribution in [0.3, 0.4) is 0 Å². The summed E-state index contributed by atoms with van der Waals surface area (Å²) in [6.45, 7) is 0.501. The van der Waals surface area contributed by atoms with Crippen LogP contribution >= 0.6 is 0 Å². The van der Waals surface area contributed by atoms with Gasteiger partial charge in [-0.3, -0.25) is 4.40 Å². The lowest BCUT2D eigenvalue weighted by Gasteiger charge is -2.01. The number of nitrogens with one attached hydrogen (secondary N) is 1. The normalized spacial score (nSPS) is 10.1. The number of aromatic carboxylic acids is 1. The van der Waals surface area contributed by atoms with Crippen LogP contribution in [-0.2, 0) is 0 Å². The molecule has 0 aromatic carbocycles. The van der Waals surface area contributed by atoms with Crippen LogP contribution in [-0.4, -0.2) is 27.0 Å². The Morgan fingerprint density at radius 3 is 3.12 bits per heavy atom. The fourth-order valence-electron chi connectivity index (χ4n) is 1.58. The fourth-order valence-corrected chi connectivity index (χ4v) is 1.58. The van der Waals surface area contributed by atoms with E-state index in [-0.39, 0.29) is 5.69 Å². The van der Waals surface area contributed by atoms with E-state index in [2.05, 4.69) is 16.2 Å². The van der Waals surface area contributed by atoms with Gasteiger partial charge in [0.1, 0.15) is 5.65 Å². The first-order valence-corrected chi connectivity index (χ1v) is 5.11. The van der Waals surface area contributed by atoms with Crippen molar-refractivity contribution in [1.82, 2.24) is 9.38 Å². The van der Waals surface area contributed by atoms with Gasteiger partial charge in [-0.15, -0.1) is 12.3 Å². The maximum atomic E-state index is 11.2. The van der Waals surface area contributed by atoms with E-state index in [1.165, 1.54) is 4.40 Å². The van der Waals surface area contributed by atoms with Crippen molar-refractivity contribution in [2.75, 3.05) is 11.9 Å². The van der Waals surface area contributed by atoms with Gasteiger partial charge < -0.3 is 10.4 Å². The molecule has 0 saturated heterocycles. The Balaban J connectivity index is 2.44. The minimum absolute atomic E-state index is 0.123. The fraction of sp³-hybridized carbons (Fsp3) is 0.167. The van der Waals surface area contributed by atoms with Crippen LogP contribution in [0.4, 0.5) is 5.82 Å². The van der Waals surface area contributed by atoms with E-state index < -0.39 is 5.97 Å². The summed E-state index contributed by atoms with van der Waals surface area (Å²) in [5.41, 5.74) is 0.714. The smallest absolute Gasteiger partial charge is 0.356 e. The third-order valence-electron chi connectivity index (χ3n) is 2.29. The Hall–Kier alpha value is -2.48. The van der Waals surface area contributed by atoms with Crippen LogP contribution in [0.2, 0.25) is 0 Å². The second kappa shape index (κ2) is 4.58. The zero-order chi connectivity index (χ0) is 12.3. The first-order chi connectivity index (χ1) is 8.24. The molecule has 2 heterocycles. The van der Waals surface area contributed by atoms with Gasteiger partial charge in [0.15, 0.2) is 11.5 Å². The lowest BCUT2D eigenvalue weighted by atomic mass is 10.4. The van der Waals surface area contributed by atoms with Crippen molar-refractivity contribution in [1.29, 1.82) is 0 Å². The Morgan fingerprint density at radius 1 is 1.59 bits per heavy atom. The van der Waals surface area contributed by atoms with E-state index in [1.54, 1.807) is 24.4 Å². The van der Waals surface area contributed by atoms with Gasteiger partial charge in [-0.25, -0.2) is 9.78 Å². The van der Waals surface area contributed by atoms with Crippen molar-refractivity contribution < 1.29 is 9.90 Å². The van der Waals surface area contributed by atoms with Gasteiger partial charge >= 0.3 is 5.97 Å². The maximum Gasteiger partial charge on any atom is 0.356 e. The SMILES string of the molecule is C#CCCNc1nc2ccccn2c1C(=O)O. The number of rotatable bonds is 4. The van der Waals surface area contributed by atoms with Crippen molar-refractivity contribution in [2.45, 2.75) is 6.42 Å². The Labute approximate surface area is 98.1 Å². The lowest BCUT2D eigenvalue weighted by molar-refractivity contribution is 0.0690. The molecule has 0 radical (unpaired) electrons. The number of anilines is 1. The summed E-state index contributed by atoms with van der Waals surface area (Å²) in [7, 11) is 0. The average molecular weight is 229 g/mol. The van der Waals surface area contributed by atoms with E-state index in [0.29, 0.717) is 24.4 Å². The molecule has 5 nitrogen and oxygen atoms in total. The van der Waals surface area contributed by atoms with Gasteiger partial charge in [0.05, 0.1) is 0 Å². The zero-order valence-electron chi connectivity index (χ0n) is 9.05. The molecule has 0 aliphatic carbocycles.